The van der Waals surface area contributed by atoms with Gasteiger partial charge >= 0.3 is 43.7 Å². The Morgan fingerprint density at radius 1 is 0.800 bits per heavy atom. The summed E-state index contributed by atoms with van der Waals surface area (Å²) >= 11 is 0. The predicted octanol–water partition coefficient (Wildman–Crippen LogP) is 6.53. The molecule has 0 saturated carbocycles. The second-order valence-electron chi connectivity index (χ2n) is 9.13. The SMILES string of the molecule is Cc1cccc(C)c1-c1cccc(COc2ccc3c(c2)-c2ccccc2C3CC(=O)O)c1C.[CaH2]. The standard InChI is InChI=1S/C31H28O3.Ca.2H/c1-19-8-6-9-20(2)31(19)24-13-7-10-22(21(24)3)18-34-23-14-15-27-28(16-23)25-11-4-5-12-26(25)29(27)17-30(32)33;;;/h4-16,29H,17-18H2,1-3H3,(H,32,33);;;. The van der Waals surface area contributed by atoms with E-state index in [-0.39, 0.29) is 50.1 Å². The Kier molecular flexibility index (Phi) is 7.70. The molecular weight excluding hydrogens is 460 g/mol. The molecule has 4 heteroatoms. The monoisotopic (exact) mass is 490 g/mol. The first-order chi connectivity index (χ1) is 16.4. The molecule has 0 amide bonds. The summed E-state index contributed by atoms with van der Waals surface area (Å²) in [7, 11) is 0. The van der Waals surface area contributed by atoms with Crippen molar-refractivity contribution in [1.82, 2.24) is 0 Å². The quantitative estimate of drug-likeness (QED) is 0.313. The van der Waals surface area contributed by atoms with Gasteiger partial charge in [-0.15, -0.1) is 0 Å². The topological polar surface area (TPSA) is 46.5 Å². The molecule has 0 aliphatic heterocycles. The Bertz CT molecular complexity index is 1390. The molecule has 0 heterocycles. The van der Waals surface area contributed by atoms with E-state index in [4.69, 9.17) is 4.74 Å². The summed E-state index contributed by atoms with van der Waals surface area (Å²) in [5.41, 5.74) is 11.8. The van der Waals surface area contributed by atoms with E-state index >= 15 is 0 Å². The number of carboxylic acids is 1. The van der Waals surface area contributed by atoms with Crippen molar-refractivity contribution in [1.29, 1.82) is 0 Å². The van der Waals surface area contributed by atoms with Gasteiger partial charge in [0, 0.05) is 5.92 Å². The van der Waals surface area contributed by atoms with E-state index < -0.39 is 5.97 Å². The summed E-state index contributed by atoms with van der Waals surface area (Å²) in [6.07, 6.45) is 0.0918. The number of carboxylic acid groups (broad SMARTS) is 1. The van der Waals surface area contributed by atoms with Crippen molar-refractivity contribution in [3.8, 4) is 28.0 Å². The van der Waals surface area contributed by atoms with Crippen LogP contribution in [0, 0.1) is 20.8 Å². The molecule has 35 heavy (non-hydrogen) atoms. The molecule has 4 aromatic carbocycles. The van der Waals surface area contributed by atoms with Crippen LogP contribution in [0.4, 0.5) is 0 Å². The fourth-order valence-corrected chi connectivity index (χ4v) is 5.28. The van der Waals surface area contributed by atoms with Crippen LogP contribution in [0.3, 0.4) is 0 Å². The maximum absolute atomic E-state index is 11.5. The van der Waals surface area contributed by atoms with E-state index in [1.807, 2.05) is 30.3 Å². The van der Waals surface area contributed by atoms with Crippen LogP contribution in [0.25, 0.3) is 22.3 Å². The molecule has 1 aliphatic carbocycles. The van der Waals surface area contributed by atoms with E-state index in [1.165, 1.54) is 27.8 Å². The number of rotatable bonds is 6. The van der Waals surface area contributed by atoms with Gasteiger partial charge in [0.15, 0.2) is 0 Å². The van der Waals surface area contributed by atoms with Crippen molar-refractivity contribution >= 4 is 43.7 Å². The van der Waals surface area contributed by atoms with Crippen LogP contribution in [0.5, 0.6) is 5.75 Å². The van der Waals surface area contributed by atoms with Crippen molar-refractivity contribution in [2.45, 2.75) is 39.7 Å². The Morgan fingerprint density at radius 3 is 2.20 bits per heavy atom. The third-order valence-corrected chi connectivity index (χ3v) is 7.00. The molecule has 1 aliphatic rings. The number of aryl methyl sites for hydroxylation is 2. The molecule has 0 radical (unpaired) electrons. The number of carbonyl (C=O) groups is 1. The molecule has 1 unspecified atom stereocenters. The molecule has 3 nitrogen and oxygen atoms in total. The minimum atomic E-state index is -0.785. The van der Waals surface area contributed by atoms with Crippen molar-refractivity contribution in [3.05, 3.63) is 112 Å². The molecule has 0 saturated heterocycles. The first kappa shape index (κ1) is 25.5. The third kappa shape index (κ3) is 4.91. The molecule has 0 spiro atoms. The number of benzene rings is 4. The molecule has 174 valence electrons. The van der Waals surface area contributed by atoms with Crippen LogP contribution in [0.2, 0.25) is 0 Å². The molecule has 0 fully saturated rings. The summed E-state index contributed by atoms with van der Waals surface area (Å²) in [5.74, 6) is -0.109. The van der Waals surface area contributed by atoms with Crippen molar-refractivity contribution in [2.75, 3.05) is 0 Å². The maximum atomic E-state index is 11.5. The molecule has 5 rings (SSSR count). The van der Waals surface area contributed by atoms with Crippen LogP contribution in [-0.2, 0) is 11.4 Å². The Labute approximate surface area is 236 Å². The zero-order chi connectivity index (χ0) is 23.8. The van der Waals surface area contributed by atoms with Gasteiger partial charge < -0.3 is 9.84 Å². The van der Waals surface area contributed by atoms with Gasteiger partial charge in [-0.25, -0.2) is 0 Å². The van der Waals surface area contributed by atoms with Gasteiger partial charge in [0.05, 0.1) is 6.42 Å². The second-order valence-corrected chi connectivity index (χ2v) is 9.13. The van der Waals surface area contributed by atoms with Crippen molar-refractivity contribution < 1.29 is 14.6 Å². The zero-order valence-corrected chi connectivity index (χ0v) is 19.8. The number of hydrogen-bond acceptors (Lipinski definition) is 2. The second kappa shape index (κ2) is 10.6. The van der Waals surface area contributed by atoms with Crippen molar-refractivity contribution in [3.63, 3.8) is 0 Å². The summed E-state index contributed by atoms with van der Waals surface area (Å²) in [6.45, 7) is 6.95. The first-order valence-corrected chi connectivity index (χ1v) is 11.7. The Hall–Kier alpha value is -2.59. The normalized spacial score (nSPS) is 13.5. The zero-order valence-electron chi connectivity index (χ0n) is 19.8. The van der Waals surface area contributed by atoms with E-state index in [1.54, 1.807) is 0 Å². The van der Waals surface area contributed by atoms with E-state index in [0.717, 1.165) is 33.6 Å². The summed E-state index contributed by atoms with van der Waals surface area (Å²) in [5, 5.41) is 9.43. The molecule has 4 aromatic rings. The van der Waals surface area contributed by atoms with Gasteiger partial charge in [-0.1, -0.05) is 66.7 Å². The van der Waals surface area contributed by atoms with E-state index in [0.29, 0.717) is 6.61 Å². The van der Waals surface area contributed by atoms with Crippen LogP contribution in [0.1, 0.15) is 45.7 Å². The predicted molar refractivity (Wildman–Crippen MR) is 145 cm³/mol. The Balaban J connectivity index is 0.00000289. The first-order valence-electron chi connectivity index (χ1n) is 11.7. The molecule has 1 atom stereocenters. The van der Waals surface area contributed by atoms with Crippen LogP contribution in [0.15, 0.2) is 78.9 Å². The van der Waals surface area contributed by atoms with Gasteiger partial charge in [-0.2, -0.15) is 0 Å². The van der Waals surface area contributed by atoms with Gasteiger partial charge in [0.2, 0.25) is 0 Å². The summed E-state index contributed by atoms with van der Waals surface area (Å²) in [4.78, 5) is 11.5. The van der Waals surface area contributed by atoms with Gasteiger partial charge in [0.25, 0.3) is 0 Å². The summed E-state index contributed by atoms with van der Waals surface area (Å²) in [6, 6.07) is 26.9. The van der Waals surface area contributed by atoms with Crippen LogP contribution < -0.4 is 4.74 Å². The van der Waals surface area contributed by atoms with Crippen LogP contribution >= 0.6 is 0 Å². The number of aliphatic carboxylic acids is 1. The van der Waals surface area contributed by atoms with Gasteiger partial charge in [0.1, 0.15) is 12.4 Å². The average molecular weight is 491 g/mol. The van der Waals surface area contributed by atoms with E-state index in [9.17, 15) is 9.90 Å². The van der Waals surface area contributed by atoms with Crippen LogP contribution in [-0.4, -0.2) is 48.8 Å². The minimum absolute atomic E-state index is 0. The fraction of sp³-hybridized carbons (Fsp3) is 0.194. The summed E-state index contributed by atoms with van der Waals surface area (Å²) < 4.78 is 6.26. The van der Waals surface area contributed by atoms with Gasteiger partial charge in [-0.05, 0) is 88.5 Å². The molecular formula is C31H30CaO3. The number of fused-ring (bicyclic) bond motifs is 3. The Morgan fingerprint density at radius 2 is 1.46 bits per heavy atom. The van der Waals surface area contributed by atoms with E-state index in [2.05, 4.69) is 69.3 Å². The number of ether oxygens (including phenoxy) is 1. The molecule has 0 bridgehead atoms. The van der Waals surface area contributed by atoms with Crippen molar-refractivity contribution in [2.24, 2.45) is 0 Å². The fourth-order valence-electron chi connectivity index (χ4n) is 5.28. The molecule has 1 N–H and O–H groups in total. The molecule has 0 aromatic heterocycles. The average Bonchev–Trinajstić information content (AvgIpc) is 3.12. The number of hydrogen-bond donors (Lipinski definition) is 1. The third-order valence-electron chi connectivity index (χ3n) is 7.00. The van der Waals surface area contributed by atoms with Gasteiger partial charge in [-0.3, -0.25) is 4.79 Å².